The van der Waals surface area contributed by atoms with Crippen LogP contribution in [0.1, 0.15) is 43.2 Å². The number of aromatic amines is 1. The van der Waals surface area contributed by atoms with Crippen molar-refractivity contribution in [3.63, 3.8) is 0 Å². The number of amides is 1. The Balaban J connectivity index is 1.71. The number of H-pyrrole nitrogens is 1. The second-order valence-electron chi connectivity index (χ2n) is 8.33. The summed E-state index contributed by atoms with van der Waals surface area (Å²) in [5.74, 6) is -1.40. The van der Waals surface area contributed by atoms with Gasteiger partial charge in [0.1, 0.15) is 11.7 Å². The van der Waals surface area contributed by atoms with Crippen LogP contribution < -0.4 is 15.8 Å². The van der Waals surface area contributed by atoms with E-state index in [2.05, 4.69) is 33.2 Å². The number of hydrogen-bond acceptors (Lipinski definition) is 5. The van der Waals surface area contributed by atoms with Crippen LogP contribution in [0.4, 0.5) is 11.8 Å². The molecule has 31 heavy (non-hydrogen) atoms. The molecule has 1 saturated heterocycles. The molecule has 156 valence electrons. The van der Waals surface area contributed by atoms with Crippen molar-refractivity contribution < 1.29 is 4.79 Å². The molecule has 0 aliphatic carbocycles. The predicted octanol–water partition coefficient (Wildman–Crippen LogP) is 3.53. The Hall–Kier alpha value is -3.66. The maximum absolute atomic E-state index is 13.3. The molecule has 1 fully saturated rings. The third-order valence-corrected chi connectivity index (χ3v) is 6.48. The van der Waals surface area contributed by atoms with Crippen molar-refractivity contribution in [3.05, 3.63) is 63.9 Å². The van der Waals surface area contributed by atoms with Gasteiger partial charge in [-0.25, -0.2) is 0 Å². The zero-order valence-corrected chi connectivity index (χ0v) is 17.3. The molecule has 0 spiro atoms. The molecule has 2 aliphatic rings. The number of hydrogen-bond donors (Lipinski definition) is 2. The number of nitrogens with one attached hydrogen (secondary N) is 2. The van der Waals surface area contributed by atoms with Gasteiger partial charge in [-0.05, 0) is 42.5 Å². The van der Waals surface area contributed by atoms with Crippen LogP contribution in [-0.2, 0) is 4.79 Å². The summed E-state index contributed by atoms with van der Waals surface area (Å²) in [7, 11) is 0. The van der Waals surface area contributed by atoms with Crippen molar-refractivity contribution in [2.75, 3.05) is 16.8 Å². The van der Waals surface area contributed by atoms with Crippen LogP contribution in [-0.4, -0.2) is 28.5 Å². The number of piperidine rings is 1. The lowest BCUT2D eigenvalue weighted by Crippen LogP contribution is -2.42. The first kappa shape index (κ1) is 19.3. The van der Waals surface area contributed by atoms with E-state index in [0.29, 0.717) is 11.5 Å². The van der Waals surface area contributed by atoms with E-state index in [0.717, 1.165) is 42.1 Å². The molecule has 3 heterocycles. The highest BCUT2D eigenvalue weighted by Crippen LogP contribution is 2.41. The third kappa shape index (κ3) is 3.15. The minimum atomic E-state index is -1.01. The average Bonchev–Trinajstić information content (AvgIpc) is 2.78. The summed E-state index contributed by atoms with van der Waals surface area (Å²) in [5.41, 5.74) is 0.819. The van der Waals surface area contributed by atoms with Crippen molar-refractivity contribution in [1.82, 2.24) is 9.97 Å². The van der Waals surface area contributed by atoms with Gasteiger partial charge in [-0.2, -0.15) is 10.2 Å². The standard InChI is InChI=1S/C24H23N5O2/c1-14-7-4-5-12-29(14)24-27-21-20(23(31)28-24)19(18(13-25)22(30)26-21)17-11-6-9-15-8-2-3-10-16(15)17/h2-3,6,8-11,14,18-19H,4-5,7,12H2,1H3,(H2,26,27,28,30,31). The second kappa shape index (κ2) is 7.55. The van der Waals surface area contributed by atoms with E-state index in [4.69, 9.17) is 0 Å². The second-order valence-corrected chi connectivity index (χ2v) is 8.33. The van der Waals surface area contributed by atoms with E-state index in [-0.39, 0.29) is 17.4 Å². The zero-order chi connectivity index (χ0) is 21.5. The van der Waals surface area contributed by atoms with Crippen molar-refractivity contribution in [2.24, 2.45) is 5.92 Å². The molecule has 1 amide bonds. The highest BCUT2D eigenvalue weighted by molar-refractivity contribution is 5.99. The van der Waals surface area contributed by atoms with E-state index in [1.54, 1.807) is 0 Å². The van der Waals surface area contributed by atoms with Crippen LogP contribution in [0.25, 0.3) is 10.8 Å². The molecule has 2 aromatic carbocycles. The topological polar surface area (TPSA) is 102 Å². The van der Waals surface area contributed by atoms with Crippen LogP contribution in [0.5, 0.6) is 0 Å². The molecule has 3 atom stereocenters. The number of nitrogens with zero attached hydrogens (tertiary/aromatic N) is 3. The summed E-state index contributed by atoms with van der Waals surface area (Å²) in [6, 6.07) is 15.9. The Kier molecular flexibility index (Phi) is 4.70. The number of benzene rings is 2. The van der Waals surface area contributed by atoms with Crippen molar-refractivity contribution in [3.8, 4) is 6.07 Å². The van der Waals surface area contributed by atoms with Crippen LogP contribution >= 0.6 is 0 Å². The van der Waals surface area contributed by atoms with Crippen molar-refractivity contribution >= 4 is 28.4 Å². The van der Waals surface area contributed by atoms with E-state index in [1.165, 1.54) is 0 Å². The van der Waals surface area contributed by atoms with Gasteiger partial charge >= 0.3 is 0 Å². The van der Waals surface area contributed by atoms with Gasteiger partial charge in [0.05, 0.1) is 11.6 Å². The molecule has 0 bridgehead atoms. The van der Waals surface area contributed by atoms with E-state index in [9.17, 15) is 14.9 Å². The largest absolute Gasteiger partial charge is 0.340 e. The van der Waals surface area contributed by atoms with E-state index < -0.39 is 17.7 Å². The van der Waals surface area contributed by atoms with Gasteiger partial charge in [-0.15, -0.1) is 0 Å². The van der Waals surface area contributed by atoms with Crippen molar-refractivity contribution in [1.29, 1.82) is 5.26 Å². The van der Waals surface area contributed by atoms with Gasteiger partial charge in [-0.3, -0.25) is 14.6 Å². The van der Waals surface area contributed by atoms with Crippen LogP contribution in [0.3, 0.4) is 0 Å². The number of fused-ring (bicyclic) bond motifs is 2. The highest BCUT2D eigenvalue weighted by atomic mass is 16.2. The fraction of sp³-hybridized carbons (Fsp3) is 0.333. The van der Waals surface area contributed by atoms with Gasteiger partial charge in [0.25, 0.3) is 5.56 Å². The summed E-state index contributed by atoms with van der Waals surface area (Å²) in [4.78, 5) is 35.9. The minimum Gasteiger partial charge on any atom is -0.340 e. The average molecular weight is 413 g/mol. The normalized spacial score (nSPS) is 23.2. The van der Waals surface area contributed by atoms with Gasteiger partial charge < -0.3 is 10.2 Å². The number of rotatable bonds is 2. The van der Waals surface area contributed by atoms with Gasteiger partial charge in [-0.1, -0.05) is 42.5 Å². The summed E-state index contributed by atoms with van der Waals surface area (Å²) in [6.07, 6.45) is 3.21. The lowest BCUT2D eigenvalue weighted by atomic mass is 9.77. The molecule has 7 nitrogen and oxygen atoms in total. The molecule has 0 radical (unpaired) electrons. The SMILES string of the molecule is CC1CCCCN1c1nc2c(c(=O)[nH]1)C(c1cccc3ccccc13)C(C#N)C(=O)N2. The number of carbonyl (C=O) groups excluding carboxylic acids is 1. The number of aromatic nitrogens is 2. The fourth-order valence-corrected chi connectivity index (χ4v) is 4.91. The number of anilines is 2. The van der Waals surface area contributed by atoms with E-state index >= 15 is 0 Å². The highest BCUT2D eigenvalue weighted by Gasteiger charge is 2.41. The van der Waals surface area contributed by atoms with E-state index in [1.807, 2.05) is 42.5 Å². The van der Waals surface area contributed by atoms with Gasteiger partial charge in [0.2, 0.25) is 11.9 Å². The fourth-order valence-electron chi connectivity index (χ4n) is 4.91. The quantitative estimate of drug-likeness (QED) is 0.669. The Labute approximate surface area is 179 Å². The maximum atomic E-state index is 13.3. The van der Waals surface area contributed by atoms with Gasteiger partial charge in [0, 0.05) is 18.5 Å². The Morgan fingerprint density at radius 3 is 2.74 bits per heavy atom. The van der Waals surface area contributed by atoms with Crippen molar-refractivity contribution in [2.45, 2.75) is 38.1 Å². The number of carbonyl (C=O) groups is 1. The molecular formula is C24H23N5O2. The molecule has 1 aromatic heterocycles. The molecule has 2 aliphatic heterocycles. The molecular weight excluding hydrogens is 390 g/mol. The van der Waals surface area contributed by atoms with Crippen LogP contribution in [0.2, 0.25) is 0 Å². The first-order chi connectivity index (χ1) is 15.1. The van der Waals surface area contributed by atoms with Crippen LogP contribution in [0, 0.1) is 17.2 Å². The third-order valence-electron chi connectivity index (χ3n) is 6.48. The maximum Gasteiger partial charge on any atom is 0.258 e. The summed E-state index contributed by atoms with van der Waals surface area (Å²) >= 11 is 0. The molecule has 0 saturated carbocycles. The first-order valence-electron chi connectivity index (χ1n) is 10.7. The summed E-state index contributed by atoms with van der Waals surface area (Å²) in [5, 5.41) is 14.5. The summed E-state index contributed by atoms with van der Waals surface area (Å²) < 4.78 is 0. The summed E-state index contributed by atoms with van der Waals surface area (Å²) in [6.45, 7) is 2.92. The molecule has 2 N–H and O–H groups in total. The number of nitriles is 1. The van der Waals surface area contributed by atoms with Crippen LogP contribution in [0.15, 0.2) is 47.3 Å². The first-order valence-corrected chi connectivity index (χ1v) is 10.7. The Morgan fingerprint density at radius 1 is 1.13 bits per heavy atom. The molecule has 7 heteroatoms. The Morgan fingerprint density at radius 2 is 1.94 bits per heavy atom. The lowest BCUT2D eigenvalue weighted by Gasteiger charge is -2.35. The molecule has 3 unspecified atom stereocenters. The van der Waals surface area contributed by atoms with Gasteiger partial charge in [0.15, 0.2) is 0 Å². The Bertz CT molecular complexity index is 1270. The monoisotopic (exact) mass is 413 g/mol. The zero-order valence-electron chi connectivity index (χ0n) is 17.3. The minimum absolute atomic E-state index is 0.256. The molecule has 5 rings (SSSR count). The smallest absolute Gasteiger partial charge is 0.258 e. The molecule has 3 aromatic rings. The lowest BCUT2D eigenvalue weighted by molar-refractivity contribution is -0.119. The predicted molar refractivity (Wildman–Crippen MR) is 119 cm³/mol.